The lowest BCUT2D eigenvalue weighted by atomic mass is 10.2. The minimum Gasteiger partial charge on any atom is -0.508 e. The van der Waals surface area contributed by atoms with E-state index in [1.807, 2.05) is 0 Å². The Balaban J connectivity index is 3.55. The number of phenolic OH excluding ortho intramolecular Hbond substituents is 1. The molecule has 84 valence electrons. The summed E-state index contributed by atoms with van der Waals surface area (Å²) in [6, 6.07) is 1.71. The van der Waals surface area contributed by atoms with Crippen LogP contribution in [-0.4, -0.2) is 13.5 Å². The van der Waals surface area contributed by atoms with Gasteiger partial charge in [0.05, 0.1) is 10.5 Å². The van der Waals surface area contributed by atoms with Crippen LogP contribution in [0.15, 0.2) is 23.1 Å². The molecule has 0 amide bonds. The van der Waals surface area contributed by atoms with Crippen LogP contribution < -0.4 is 0 Å². The second-order valence-corrected chi connectivity index (χ2v) is 5.15. The summed E-state index contributed by atoms with van der Waals surface area (Å²) in [5.41, 5.74) is -1.49. The summed E-state index contributed by atoms with van der Waals surface area (Å²) in [7, 11) is 0.320. The Morgan fingerprint density at radius 2 is 1.80 bits per heavy atom. The molecule has 15 heavy (non-hydrogen) atoms. The fourth-order valence-corrected chi connectivity index (χ4v) is 2.02. The Kier molecular flexibility index (Phi) is 2.88. The van der Waals surface area contributed by atoms with Gasteiger partial charge in [0.1, 0.15) is 5.75 Å². The van der Waals surface area contributed by atoms with Crippen molar-refractivity contribution in [1.29, 1.82) is 0 Å². The molecule has 0 saturated carbocycles. The van der Waals surface area contributed by atoms with E-state index < -0.39 is 31.4 Å². The molecule has 0 spiro atoms. The van der Waals surface area contributed by atoms with Gasteiger partial charge in [0.2, 0.25) is 0 Å². The van der Waals surface area contributed by atoms with Crippen LogP contribution in [0.25, 0.3) is 0 Å². The van der Waals surface area contributed by atoms with E-state index in [4.69, 9.17) is 15.8 Å². The maximum atomic E-state index is 12.3. The Hall–Kier alpha value is -0.950. The first kappa shape index (κ1) is 12.1. The number of hydrogen-bond acceptors (Lipinski definition) is 3. The normalized spacial score (nSPS) is 12.8. The molecule has 0 unspecified atom stereocenters. The number of aromatic hydroxyl groups is 1. The average molecular weight is 261 g/mol. The molecule has 0 bridgehead atoms. The summed E-state index contributed by atoms with van der Waals surface area (Å²) < 4.78 is 58.6. The molecule has 0 heterocycles. The Morgan fingerprint density at radius 3 is 2.20 bits per heavy atom. The van der Waals surface area contributed by atoms with E-state index in [1.54, 1.807) is 0 Å². The third kappa shape index (κ3) is 2.75. The van der Waals surface area contributed by atoms with E-state index in [0.717, 1.165) is 6.07 Å². The molecule has 0 aliphatic rings. The van der Waals surface area contributed by atoms with Crippen molar-refractivity contribution in [2.24, 2.45) is 0 Å². The first-order valence-electron chi connectivity index (χ1n) is 3.47. The van der Waals surface area contributed by atoms with Gasteiger partial charge in [-0.3, -0.25) is 0 Å². The maximum Gasteiger partial charge on any atom is 0.417 e. The molecule has 0 saturated heterocycles. The van der Waals surface area contributed by atoms with Crippen molar-refractivity contribution in [3.05, 3.63) is 23.8 Å². The second kappa shape index (κ2) is 3.57. The quantitative estimate of drug-likeness (QED) is 0.789. The SMILES string of the molecule is O=S(=O)(Cl)c1ccc(O)cc1C(F)(F)F. The molecular weight excluding hydrogens is 257 g/mol. The van der Waals surface area contributed by atoms with Crippen molar-refractivity contribution in [1.82, 2.24) is 0 Å². The number of benzene rings is 1. The predicted molar refractivity (Wildman–Crippen MR) is 46.1 cm³/mol. The van der Waals surface area contributed by atoms with Crippen molar-refractivity contribution in [3.8, 4) is 5.75 Å². The van der Waals surface area contributed by atoms with Gasteiger partial charge < -0.3 is 5.11 Å². The van der Waals surface area contributed by atoms with Crippen LogP contribution in [0.3, 0.4) is 0 Å². The molecule has 1 aromatic rings. The Bertz CT molecular complexity index is 481. The molecule has 0 aromatic heterocycles. The summed E-state index contributed by atoms with van der Waals surface area (Å²) in [5, 5.41) is 8.83. The van der Waals surface area contributed by atoms with E-state index in [9.17, 15) is 21.6 Å². The molecule has 1 aromatic carbocycles. The van der Waals surface area contributed by atoms with Crippen LogP contribution in [0.1, 0.15) is 5.56 Å². The van der Waals surface area contributed by atoms with Gasteiger partial charge in [0.15, 0.2) is 0 Å². The van der Waals surface area contributed by atoms with Gasteiger partial charge in [0.25, 0.3) is 9.05 Å². The molecule has 0 atom stereocenters. The van der Waals surface area contributed by atoms with Gasteiger partial charge in [-0.05, 0) is 18.2 Å². The molecule has 1 rings (SSSR count). The number of rotatable bonds is 1. The van der Waals surface area contributed by atoms with Crippen LogP contribution in [0.5, 0.6) is 5.75 Å². The summed E-state index contributed by atoms with van der Waals surface area (Å²) in [6.07, 6.45) is -4.89. The standard InChI is InChI=1S/C7H4ClF3O3S/c8-15(13,14)6-2-1-4(12)3-5(6)7(9,10)11/h1-3,12H. The average Bonchev–Trinajstić information content (AvgIpc) is 2.00. The molecule has 0 aliphatic carbocycles. The van der Waals surface area contributed by atoms with Crippen molar-refractivity contribution >= 4 is 19.7 Å². The zero-order valence-corrected chi connectivity index (χ0v) is 8.49. The van der Waals surface area contributed by atoms with E-state index >= 15 is 0 Å². The molecule has 0 radical (unpaired) electrons. The van der Waals surface area contributed by atoms with Crippen LogP contribution in [-0.2, 0) is 15.2 Å². The number of hydrogen-bond donors (Lipinski definition) is 1. The van der Waals surface area contributed by atoms with Crippen LogP contribution >= 0.6 is 10.7 Å². The molecule has 0 fully saturated rings. The van der Waals surface area contributed by atoms with E-state index in [0.29, 0.717) is 12.1 Å². The Labute approximate surface area is 87.5 Å². The number of phenols is 1. The summed E-state index contributed by atoms with van der Waals surface area (Å²) in [5.74, 6) is -0.689. The van der Waals surface area contributed by atoms with E-state index in [2.05, 4.69) is 0 Å². The zero-order valence-electron chi connectivity index (χ0n) is 6.92. The van der Waals surface area contributed by atoms with Gasteiger partial charge in [-0.15, -0.1) is 0 Å². The Morgan fingerprint density at radius 1 is 1.27 bits per heavy atom. The molecule has 0 aliphatic heterocycles. The predicted octanol–water partition coefficient (Wildman–Crippen LogP) is 2.34. The first-order valence-corrected chi connectivity index (χ1v) is 5.78. The van der Waals surface area contributed by atoms with Crippen molar-refractivity contribution < 1.29 is 26.7 Å². The summed E-state index contributed by atoms with van der Waals surface area (Å²) in [4.78, 5) is -1.07. The lowest BCUT2D eigenvalue weighted by Gasteiger charge is -2.10. The fourth-order valence-electron chi connectivity index (χ4n) is 0.952. The highest BCUT2D eigenvalue weighted by Crippen LogP contribution is 2.37. The topological polar surface area (TPSA) is 54.4 Å². The lowest BCUT2D eigenvalue weighted by Crippen LogP contribution is -2.10. The molecule has 8 heteroatoms. The number of halogens is 4. The van der Waals surface area contributed by atoms with Crippen molar-refractivity contribution in [3.63, 3.8) is 0 Å². The molecule has 1 N–H and O–H groups in total. The molecular formula is C7H4ClF3O3S. The van der Waals surface area contributed by atoms with Gasteiger partial charge in [-0.25, -0.2) is 8.42 Å². The smallest absolute Gasteiger partial charge is 0.417 e. The minimum atomic E-state index is -4.89. The lowest BCUT2D eigenvalue weighted by molar-refractivity contribution is -0.140. The van der Waals surface area contributed by atoms with E-state index in [-0.39, 0.29) is 0 Å². The third-order valence-corrected chi connectivity index (χ3v) is 2.91. The van der Waals surface area contributed by atoms with Gasteiger partial charge in [-0.1, -0.05) is 0 Å². The summed E-state index contributed by atoms with van der Waals surface area (Å²) in [6.45, 7) is 0. The van der Waals surface area contributed by atoms with Gasteiger partial charge in [0, 0.05) is 10.7 Å². The van der Waals surface area contributed by atoms with Crippen molar-refractivity contribution in [2.75, 3.05) is 0 Å². The van der Waals surface area contributed by atoms with Crippen LogP contribution in [0, 0.1) is 0 Å². The second-order valence-electron chi connectivity index (χ2n) is 2.62. The monoisotopic (exact) mass is 260 g/mol. The first-order chi connectivity index (χ1) is 6.62. The maximum absolute atomic E-state index is 12.3. The zero-order chi connectivity index (χ0) is 11.9. The minimum absolute atomic E-state index is 0.301. The van der Waals surface area contributed by atoms with Gasteiger partial charge >= 0.3 is 6.18 Å². The highest BCUT2D eigenvalue weighted by atomic mass is 35.7. The van der Waals surface area contributed by atoms with Crippen LogP contribution in [0.2, 0.25) is 0 Å². The number of alkyl halides is 3. The fraction of sp³-hybridized carbons (Fsp3) is 0.143. The highest BCUT2D eigenvalue weighted by Gasteiger charge is 2.37. The third-order valence-electron chi connectivity index (χ3n) is 1.53. The largest absolute Gasteiger partial charge is 0.508 e. The van der Waals surface area contributed by atoms with Gasteiger partial charge in [-0.2, -0.15) is 13.2 Å². The summed E-state index contributed by atoms with van der Waals surface area (Å²) >= 11 is 0. The van der Waals surface area contributed by atoms with Crippen molar-refractivity contribution in [2.45, 2.75) is 11.1 Å². The molecule has 3 nitrogen and oxygen atoms in total. The van der Waals surface area contributed by atoms with E-state index in [1.165, 1.54) is 0 Å². The highest BCUT2D eigenvalue weighted by molar-refractivity contribution is 8.13. The van der Waals surface area contributed by atoms with Crippen LogP contribution in [0.4, 0.5) is 13.2 Å².